The van der Waals surface area contributed by atoms with Crippen molar-refractivity contribution in [3.8, 4) is 0 Å². The summed E-state index contributed by atoms with van der Waals surface area (Å²) < 4.78 is 40.6. The molecule has 0 atom stereocenters. The summed E-state index contributed by atoms with van der Waals surface area (Å²) in [5, 5.41) is 5.50. The molecule has 0 radical (unpaired) electrons. The van der Waals surface area contributed by atoms with E-state index in [0.717, 1.165) is 38.3 Å². The smallest absolute Gasteiger partial charge is 0.240 e. The van der Waals surface area contributed by atoms with Crippen LogP contribution in [0, 0.1) is 5.82 Å². The van der Waals surface area contributed by atoms with Gasteiger partial charge in [-0.15, -0.1) is 0 Å². The number of rotatable bonds is 6. The van der Waals surface area contributed by atoms with Crippen LogP contribution in [0.5, 0.6) is 0 Å². The molecule has 7 nitrogen and oxygen atoms in total. The third-order valence-corrected chi connectivity index (χ3v) is 4.95. The van der Waals surface area contributed by atoms with E-state index in [1.165, 1.54) is 13.0 Å². The molecular formula is C14H21FN4O3S. The second-order valence-corrected chi connectivity index (χ2v) is 7.08. The average molecular weight is 344 g/mol. The van der Waals surface area contributed by atoms with Crippen molar-refractivity contribution in [1.29, 1.82) is 0 Å². The zero-order valence-electron chi connectivity index (χ0n) is 12.9. The Bertz CT molecular complexity index is 660. The Morgan fingerprint density at radius 1 is 1.35 bits per heavy atom. The van der Waals surface area contributed by atoms with Crippen molar-refractivity contribution in [2.75, 3.05) is 44.6 Å². The number of benzene rings is 1. The molecule has 1 amide bonds. The molecule has 3 N–H and O–H groups in total. The van der Waals surface area contributed by atoms with Gasteiger partial charge in [-0.2, -0.15) is 0 Å². The van der Waals surface area contributed by atoms with Gasteiger partial charge < -0.3 is 10.6 Å². The molecule has 1 saturated heterocycles. The highest BCUT2D eigenvalue weighted by atomic mass is 32.2. The van der Waals surface area contributed by atoms with Crippen LogP contribution in [0.3, 0.4) is 0 Å². The highest BCUT2D eigenvalue weighted by Gasteiger charge is 2.17. The number of halogens is 1. The number of amides is 1. The van der Waals surface area contributed by atoms with Crippen molar-refractivity contribution < 1.29 is 17.6 Å². The number of hydrogen-bond acceptors (Lipinski definition) is 5. The van der Waals surface area contributed by atoms with Crippen LogP contribution in [0.4, 0.5) is 10.1 Å². The van der Waals surface area contributed by atoms with Crippen LogP contribution in [0.2, 0.25) is 0 Å². The fraction of sp³-hybridized carbons (Fsp3) is 0.500. The van der Waals surface area contributed by atoms with E-state index in [9.17, 15) is 17.6 Å². The number of piperazine rings is 1. The first-order valence-corrected chi connectivity index (χ1v) is 8.87. The lowest BCUT2D eigenvalue weighted by atomic mass is 10.3. The lowest BCUT2D eigenvalue weighted by Crippen LogP contribution is -2.46. The summed E-state index contributed by atoms with van der Waals surface area (Å²) in [5.41, 5.74) is -0.150. The third-order valence-electron chi connectivity index (χ3n) is 3.49. The normalized spacial score (nSPS) is 16.3. The molecule has 0 unspecified atom stereocenters. The van der Waals surface area contributed by atoms with Gasteiger partial charge in [0.1, 0.15) is 5.82 Å². The molecule has 0 saturated carbocycles. The minimum absolute atomic E-state index is 0.0806. The molecule has 9 heteroatoms. The lowest BCUT2D eigenvalue weighted by molar-refractivity contribution is -0.114. The number of carbonyl (C=O) groups is 1. The molecule has 1 aliphatic heterocycles. The zero-order chi connectivity index (χ0) is 16.9. The van der Waals surface area contributed by atoms with Crippen LogP contribution >= 0.6 is 0 Å². The van der Waals surface area contributed by atoms with Crippen molar-refractivity contribution in [2.45, 2.75) is 11.8 Å². The fourth-order valence-corrected chi connectivity index (χ4v) is 3.36. The molecule has 1 aromatic carbocycles. The molecule has 2 rings (SSSR count). The van der Waals surface area contributed by atoms with Gasteiger partial charge in [0.15, 0.2) is 0 Å². The first-order chi connectivity index (χ1) is 10.9. The summed E-state index contributed by atoms with van der Waals surface area (Å²) in [6.45, 7) is 5.66. The van der Waals surface area contributed by atoms with E-state index in [1.807, 2.05) is 0 Å². The summed E-state index contributed by atoms with van der Waals surface area (Å²) >= 11 is 0. The Balaban J connectivity index is 1.99. The van der Waals surface area contributed by atoms with E-state index in [1.54, 1.807) is 0 Å². The predicted octanol–water partition coefficient (Wildman–Crippen LogP) is -0.0324. The molecule has 23 heavy (non-hydrogen) atoms. The van der Waals surface area contributed by atoms with Crippen LogP contribution in [0.25, 0.3) is 0 Å². The first-order valence-electron chi connectivity index (χ1n) is 7.38. The van der Waals surface area contributed by atoms with Crippen LogP contribution in [0.1, 0.15) is 6.92 Å². The predicted molar refractivity (Wildman–Crippen MR) is 85.2 cm³/mol. The highest BCUT2D eigenvalue weighted by molar-refractivity contribution is 7.89. The quantitative estimate of drug-likeness (QED) is 0.674. The Morgan fingerprint density at radius 3 is 2.70 bits per heavy atom. The highest BCUT2D eigenvalue weighted by Crippen LogP contribution is 2.19. The number of nitrogens with zero attached hydrogens (tertiary/aromatic N) is 1. The second kappa shape index (κ2) is 7.82. The summed E-state index contributed by atoms with van der Waals surface area (Å²) in [4.78, 5) is 13.1. The monoisotopic (exact) mass is 344 g/mol. The van der Waals surface area contributed by atoms with E-state index >= 15 is 0 Å². The molecule has 1 aromatic rings. The first kappa shape index (κ1) is 17.8. The van der Waals surface area contributed by atoms with Gasteiger partial charge >= 0.3 is 0 Å². The molecular weight excluding hydrogens is 323 g/mol. The topological polar surface area (TPSA) is 90.5 Å². The van der Waals surface area contributed by atoms with Gasteiger partial charge in [-0.3, -0.25) is 9.69 Å². The third kappa shape index (κ3) is 5.24. The number of hydrogen-bond donors (Lipinski definition) is 3. The maximum absolute atomic E-state index is 13.6. The van der Waals surface area contributed by atoms with Crippen LogP contribution < -0.4 is 15.4 Å². The zero-order valence-corrected chi connectivity index (χ0v) is 13.7. The Labute approximate surface area is 135 Å². The van der Waals surface area contributed by atoms with Gasteiger partial charge in [-0.25, -0.2) is 17.5 Å². The Morgan fingerprint density at radius 2 is 2.04 bits per heavy atom. The fourth-order valence-electron chi connectivity index (χ4n) is 2.31. The van der Waals surface area contributed by atoms with E-state index in [4.69, 9.17) is 0 Å². The Hall–Kier alpha value is -1.55. The number of nitrogens with one attached hydrogen (secondary N) is 3. The second-order valence-electron chi connectivity index (χ2n) is 5.31. The minimum atomic E-state index is -3.75. The standard InChI is InChI=1S/C14H21FN4O3S/c1-11(20)18-14-10-12(2-3-13(14)15)23(21,22)17-6-9-19-7-4-16-5-8-19/h2-3,10,16-17H,4-9H2,1H3,(H,18,20). The SMILES string of the molecule is CC(=O)Nc1cc(S(=O)(=O)NCCN2CCNCC2)ccc1F. The number of carbonyl (C=O) groups excluding carboxylic acids is 1. The Kier molecular flexibility index (Phi) is 6.05. The average Bonchev–Trinajstić information content (AvgIpc) is 2.50. The van der Waals surface area contributed by atoms with E-state index in [0.29, 0.717) is 6.54 Å². The molecule has 0 aromatic heterocycles. The van der Waals surface area contributed by atoms with Gasteiger partial charge in [0.05, 0.1) is 10.6 Å². The van der Waals surface area contributed by atoms with E-state index in [2.05, 4.69) is 20.3 Å². The van der Waals surface area contributed by atoms with Gasteiger partial charge in [0.25, 0.3) is 0 Å². The molecule has 0 spiro atoms. The van der Waals surface area contributed by atoms with Crippen molar-refractivity contribution in [3.05, 3.63) is 24.0 Å². The molecule has 1 fully saturated rings. The summed E-state index contributed by atoms with van der Waals surface area (Å²) in [7, 11) is -3.75. The molecule has 0 bridgehead atoms. The van der Waals surface area contributed by atoms with Gasteiger partial charge in [0.2, 0.25) is 15.9 Å². The molecule has 1 aliphatic rings. The largest absolute Gasteiger partial charge is 0.324 e. The van der Waals surface area contributed by atoms with Crippen molar-refractivity contribution in [3.63, 3.8) is 0 Å². The summed E-state index contributed by atoms with van der Waals surface area (Å²) in [5.74, 6) is -1.15. The van der Waals surface area contributed by atoms with E-state index in [-0.39, 0.29) is 17.1 Å². The number of anilines is 1. The number of sulfonamides is 1. The van der Waals surface area contributed by atoms with Crippen LogP contribution in [-0.2, 0) is 14.8 Å². The van der Waals surface area contributed by atoms with E-state index < -0.39 is 21.7 Å². The summed E-state index contributed by atoms with van der Waals surface area (Å²) in [6, 6.07) is 3.31. The van der Waals surface area contributed by atoms with Gasteiger partial charge in [0, 0.05) is 46.2 Å². The maximum Gasteiger partial charge on any atom is 0.240 e. The van der Waals surface area contributed by atoms with Crippen molar-refractivity contribution in [2.24, 2.45) is 0 Å². The van der Waals surface area contributed by atoms with Crippen LogP contribution in [0.15, 0.2) is 23.1 Å². The molecule has 0 aliphatic carbocycles. The van der Waals surface area contributed by atoms with Crippen molar-refractivity contribution >= 4 is 21.6 Å². The van der Waals surface area contributed by atoms with Crippen molar-refractivity contribution in [1.82, 2.24) is 14.9 Å². The maximum atomic E-state index is 13.6. The molecule has 128 valence electrons. The minimum Gasteiger partial charge on any atom is -0.324 e. The molecule has 1 heterocycles. The van der Waals surface area contributed by atoms with Gasteiger partial charge in [-0.1, -0.05) is 0 Å². The summed E-state index contributed by atoms with van der Waals surface area (Å²) in [6.07, 6.45) is 0. The van der Waals surface area contributed by atoms with Crippen LogP contribution in [-0.4, -0.2) is 58.5 Å². The lowest BCUT2D eigenvalue weighted by Gasteiger charge is -2.27. The van der Waals surface area contributed by atoms with Gasteiger partial charge in [-0.05, 0) is 18.2 Å².